The minimum atomic E-state index is -0.827. The van der Waals surface area contributed by atoms with Gasteiger partial charge in [0.05, 0.1) is 11.5 Å². The summed E-state index contributed by atoms with van der Waals surface area (Å²) in [5.74, 6) is -1.17. The van der Waals surface area contributed by atoms with Crippen LogP contribution >= 0.6 is 0 Å². The van der Waals surface area contributed by atoms with E-state index in [1.54, 1.807) is 12.1 Å². The molecule has 7 nitrogen and oxygen atoms in total. The van der Waals surface area contributed by atoms with Crippen molar-refractivity contribution in [2.24, 2.45) is 5.41 Å². The quantitative estimate of drug-likeness (QED) is 0.512. The summed E-state index contributed by atoms with van der Waals surface area (Å²) in [6, 6.07) is 5.62. The van der Waals surface area contributed by atoms with Crippen LogP contribution in [0.25, 0.3) is 0 Å². The summed E-state index contributed by atoms with van der Waals surface area (Å²) in [4.78, 5) is 22.8. The Morgan fingerprint density at radius 1 is 1.24 bits per heavy atom. The largest absolute Gasteiger partial charge is 0.431 e. The Labute approximate surface area is 145 Å². The average molecular weight is 346 g/mol. The molecule has 2 saturated heterocycles. The third-order valence-corrected chi connectivity index (χ3v) is 5.68. The van der Waals surface area contributed by atoms with Crippen LogP contribution in [0, 0.1) is 15.5 Å². The van der Waals surface area contributed by atoms with E-state index in [2.05, 4.69) is 5.32 Å². The van der Waals surface area contributed by atoms with Crippen LogP contribution in [0.2, 0.25) is 0 Å². The Morgan fingerprint density at radius 3 is 2.80 bits per heavy atom. The summed E-state index contributed by atoms with van der Waals surface area (Å²) in [5.41, 5.74) is 0.682. The SMILES string of the molecule is O=C1OC2(CC1Nc1cccc([N+](=O)[O-])c1)CC1(CCCCC1)CO2. The van der Waals surface area contributed by atoms with Gasteiger partial charge >= 0.3 is 5.97 Å². The lowest BCUT2D eigenvalue weighted by molar-refractivity contribution is -0.384. The molecule has 0 amide bonds. The van der Waals surface area contributed by atoms with Crippen molar-refractivity contribution in [3.63, 3.8) is 0 Å². The molecular weight excluding hydrogens is 324 g/mol. The van der Waals surface area contributed by atoms with Gasteiger partial charge in [-0.1, -0.05) is 25.3 Å². The number of carbonyl (C=O) groups excluding carboxylic acids is 1. The standard InChI is InChI=1S/C18H22N2O5/c21-16-15(19-13-5-4-6-14(9-13)20(22)23)10-18(25-16)11-17(12-24-18)7-2-1-3-8-17/h4-6,9,15,19H,1-3,7-8,10-12H2. The van der Waals surface area contributed by atoms with Gasteiger partial charge in [-0.2, -0.15) is 0 Å². The molecule has 2 heterocycles. The molecule has 4 rings (SSSR count). The van der Waals surface area contributed by atoms with Gasteiger partial charge in [-0.25, -0.2) is 4.79 Å². The lowest BCUT2D eigenvalue weighted by Gasteiger charge is -2.32. The number of rotatable bonds is 3. The van der Waals surface area contributed by atoms with E-state index < -0.39 is 16.8 Å². The second-order valence-corrected chi connectivity index (χ2v) is 7.57. The first-order chi connectivity index (χ1) is 12.0. The summed E-state index contributed by atoms with van der Waals surface area (Å²) >= 11 is 0. The van der Waals surface area contributed by atoms with Gasteiger partial charge in [-0.3, -0.25) is 10.1 Å². The van der Waals surface area contributed by atoms with Gasteiger partial charge in [0.15, 0.2) is 0 Å². The number of ether oxygens (including phenoxy) is 2. The van der Waals surface area contributed by atoms with Crippen molar-refractivity contribution < 1.29 is 19.2 Å². The first-order valence-electron chi connectivity index (χ1n) is 8.87. The maximum atomic E-state index is 12.3. The Morgan fingerprint density at radius 2 is 2.04 bits per heavy atom. The normalized spacial score (nSPS) is 30.6. The second-order valence-electron chi connectivity index (χ2n) is 7.57. The zero-order valence-corrected chi connectivity index (χ0v) is 14.0. The number of anilines is 1. The second kappa shape index (κ2) is 5.98. The van der Waals surface area contributed by atoms with E-state index in [1.165, 1.54) is 31.4 Å². The highest BCUT2D eigenvalue weighted by molar-refractivity contribution is 5.82. The number of nitrogens with zero attached hydrogens (tertiary/aromatic N) is 1. The van der Waals surface area contributed by atoms with E-state index >= 15 is 0 Å². The van der Waals surface area contributed by atoms with E-state index in [0.29, 0.717) is 18.7 Å². The maximum absolute atomic E-state index is 12.3. The highest BCUT2D eigenvalue weighted by Crippen LogP contribution is 2.52. The number of carbonyl (C=O) groups is 1. The highest BCUT2D eigenvalue weighted by Gasteiger charge is 2.57. The summed E-state index contributed by atoms with van der Waals surface area (Å²) in [6.45, 7) is 0.657. The zero-order valence-electron chi connectivity index (χ0n) is 14.0. The third-order valence-electron chi connectivity index (χ3n) is 5.68. The number of benzene rings is 1. The van der Waals surface area contributed by atoms with Crippen LogP contribution in [0.4, 0.5) is 11.4 Å². The van der Waals surface area contributed by atoms with E-state index in [9.17, 15) is 14.9 Å². The molecule has 7 heteroatoms. The number of nitrogens with one attached hydrogen (secondary N) is 1. The minimum absolute atomic E-state index is 0.00986. The molecule has 3 fully saturated rings. The summed E-state index contributed by atoms with van der Waals surface area (Å²) in [7, 11) is 0. The highest BCUT2D eigenvalue weighted by atomic mass is 16.7. The molecule has 1 aromatic rings. The molecule has 2 atom stereocenters. The Bertz CT molecular complexity index is 700. The number of nitro groups is 1. The summed E-state index contributed by atoms with van der Waals surface area (Å²) in [5, 5.41) is 14.0. The van der Waals surface area contributed by atoms with E-state index in [-0.39, 0.29) is 17.1 Å². The molecular formula is C18H22N2O5. The average Bonchev–Trinajstić information content (AvgIpc) is 3.08. The maximum Gasteiger partial charge on any atom is 0.331 e. The fourth-order valence-corrected chi connectivity index (χ4v) is 4.49. The van der Waals surface area contributed by atoms with E-state index in [1.807, 2.05) is 0 Å². The molecule has 1 aromatic carbocycles. The van der Waals surface area contributed by atoms with Gasteiger partial charge in [0.1, 0.15) is 6.04 Å². The molecule has 1 aliphatic carbocycles. The van der Waals surface area contributed by atoms with Crippen molar-refractivity contribution in [1.29, 1.82) is 0 Å². The van der Waals surface area contributed by atoms with Crippen LogP contribution in [-0.2, 0) is 14.3 Å². The van der Waals surface area contributed by atoms with Gasteiger partial charge in [0.25, 0.3) is 5.69 Å². The van der Waals surface area contributed by atoms with Crippen LogP contribution in [-0.4, -0.2) is 29.3 Å². The van der Waals surface area contributed by atoms with Crippen molar-refractivity contribution >= 4 is 17.3 Å². The van der Waals surface area contributed by atoms with Crippen molar-refractivity contribution in [1.82, 2.24) is 0 Å². The zero-order chi connectivity index (χ0) is 17.5. The van der Waals surface area contributed by atoms with Gasteiger partial charge in [-0.05, 0) is 18.9 Å². The first-order valence-corrected chi connectivity index (χ1v) is 8.87. The first kappa shape index (κ1) is 16.3. The predicted octanol–water partition coefficient (Wildman–Crippen LogP) is 3.39. The van der Waals surface area contributed by atoms with Crippen LogP contribution in [0.15, 0.2) is 24.3 Å². The molecule has 0 radical (unpaired) electrons. The van der Waals surface area contributed by atoms with E-state index in [4.69, 9.17) is 9.47 Å². The third kappa shape index (κ3) is 3.08. The molecule has 2 unspecified atom stereocenters. The van der Waals surface area contributed by atoms with Crippen molar-refractivity contribution in [2.45, 2.75) is 56.8 Å². The van der Waals surface area contributed by atoms with Crippen LogP contribution in [0.5, 0.6) is 0 Å². The molecule has 25 heavy (non-hydrogen) atoms. The van der Waals surface area contributed by atoms with E-state index in [0.717, 1.165) is 19.3 Å². The lowest BCUT2D eigenvalue weighted by atomic mass is 9.72. The van der Waals surface area contributed by atoms with Gasteiger partial charge in [-0.15, -0.1) is 0 Å². The molecule has 2 spiro atoms. The lowest BCUT2D eigenvalue weighted by Crippen LogP contribution is -2.30. The Kier molecular flexibility index (Phi) is 3.91. The van der Waals surface area contributed by atoms with Gasteiger partial charge < -0.3 is 14.8 Å². The number of hydrogen-bond acceptors (Lipinski definition) is 6. The Hall–Kier alpha value is -2.15. The number of hydrogen-bond donors (Lipinski definition) is 1. The molecule has 1 N–H and O–H groups in total. The monoisotopic (exact) mass is 346 g/mol. The van der Waals surface area contributed by atoms with Crippen LogP contribution < -0.4 is 5.32 Å². The fraction of sp³-hybridized carbons (Fsp3) is 0.611. The molecule has 1 saturated carbocycles. The topological polar surface area (TPSA) is 90.7 Å². The van der Waals surface area contributed by atoms with Crippen LogP contribution in [0.1, 0.15) is 44.9 Å². The molecule has 0 aromatic heterocycles. The number of esters is 1. The fourth-order valence-electron chi connectivity index (χ4n) is 4.49. The molecule has 0 bridgehead atoms. The molecule has 3 aliphatic rings. The summed E-state index contributed by atoms with van der Waals surface area (Å²) < 4.78 is 11.6. The Balaban J connectivity index is 1.46. The smallest absolute Gasteiger partial charge is 0.331 e. The molecule has 2 aliphatic heterocycles. The van der Waals surface area contributed by atoms with Crippen molar-refractivity contribution in [2.75, 3.05) is 11.9 Å². The minimum Gasteiger partial charge on any atom is -0.431 e. The van der Waals surface area contributed by atoms with Gasteiger partial charge in [0.2, 0.25) is 5.79 Å². The van der Waals surface area contributed by atoms with Crippen molar-refractivity contribution in [3.8, 4) is 0 Å². The van der Waals surface area contributed by atoms with Gasteiger partial charge in [0, 0.05) is 36.1 Å². The number of non-ortho nitro benzene ring substituents is 1. The summed E-state index contributed by atoms with van der Waals surface area (Å²) in [6.07, 6.45) is 7.16. The van der Waals surface area contributed by atoms with Crippen molar-refractivity contribution in [3.05, 3.63) is 34.4 Å². The van der Waals surface area contributed by atoms with Crippen LogP contribution in [0.3, 0.4) is 0 Å². The molecule has 134 valence electrons. The number of nitro benzene ring substituents is 1. The predicted molar refractivity (Wildman–Crippen MR) is 90.0 cm³/mol.